The van der Waals surface area contributed by atoms with Crippen molar-refractivity contribution in [3.05, 3.63) is 58.9 Å². The summed E-state index contributed by atoms with van der Waals surface area (Å²) in [6, 6.07) is 6.40. The highest BCUT2D eigenvalue weighted by Gasteiger charge is 1.92. The molecule has 0 atom stereocenters. The van der Waals surface area contributed by atoms with Gasteiger partial charge in [0.25, 0.3) is 0 Å². The van der Waals surface area contributed by atoms with E-state index in [0.717, 1.165) is 11.6 Å². The number of rotatable bonds is 1. The summed E-state index contributed by atoms with van der Waals surface area (Å²) in [6.07, 6.45) is 0.870. The van der Waals surface area contributed by atoms with Gasteiger partial charge in [0.05, 0.1) is 5.83 Å². The first-order chi connectivity index (χ1) is 9.74. The van der Waals surface area contributed by atoms with E-state index in [4.69, 9.17) is 0 Å². The van der Waals surface area contributed by atoms with Gasteiger partial charge in [0.15, 0.2) is 0 Å². The standard InChI is InChI=1S/C7H10F2.C7H7F.C4H6/c1-5(2)7(9)4-6(3)8;1-6-2-4-7(8)5-3-6;1-3-4-2/h4H,1-3H3;2-5H,1H3;1-2H3/b6-4+;;. The van der Waals surface area contributed by atoms with Crippen LogP contribution in [0.15, 0.2) is 47.6 Å². The van der Waals surface area contributed by atoms with Gasteiger partial charge in [0.1, 0.15) is 11.6 Å². The van der Waals surface area contributed by atoms with Crippen molar-refractivity contribution in [1.82, 2.24) is 0 Å². The summed E-state index contributed by atoms with van der Waals surface area (Å²) in [5, 5.41) is 0. The molecular weight excluding hydrogens is 273 g/mol. The molecule has 0 aliphatic carbocycles. The molecule has 1 rings (SSSR count). The summed E-state index contributed by atoms with van der Waals surface area (Å²) in [6.45, 7) is 9.96. The summed E-state index contributed by atoms with van der Waals surface area (Å²) in [7, 11) is 0. The molecule has 0 unspecified atom stereocenters. The largest absolute Gasteiger partial charge is 0.212 e. The maximum atomic E-state index is 12.3. The van der Waals surface area contributed by atoms with Crippen LogP contribution in [-0.2, 0) is 0 Å². The summed E-state index contributed by atoms with van der Waals surface area (Å²) >= 11 is 0. The molecule has 0 saturated heterocycles. The van der Waals surface area contributed by atoms with Crippen LogP contribution in [0.1, 0.15) is 40.2 Å². The zero-order valence-electron chi connectivity index (χ0n) is 13.5. The minimum Gasteiger partial charge on any atom is -0.212 e. The van der Waals surface area contributed by atoms with Gasteiger partial charge >= 0.3 is 0 Å². The highest BCUT2D eigenvalue weighted by molar-refractivity contribution is 5.17. The highest BCUT2D eigenvalue weighted by Crippen LogP contribution is 2.09. The van der Waals surface area contributed by atoms with Gasteiger partial charge in [-0.05, 0) is 59.2 Å². The zero-order valence-corrected chi connectivity index (χ0v) is 13.5. The minimum absolute atomic E-state index is 0.171. The third-order valence-corrected chi connectivity index (χ3v) is 2.06. The van der Waals surface area contributed by atoms with Crippen molar-refractivity contribution in [3.8, 4) is 11.8 Å². The lowest BCUT2D eigenvalue weighted by molar-refractivity contribution is 0.609. The number of halogens is 3. The van der Waals surface area contributed by atoms with Crippen LogP contribution < -0.4 is 0 Å². The van der Waals surface area contributed by atoms with E-state index in [1.54, 1.807) is 26.0 Å². The molecule has 1 aromatic rings. The first kappa shape index (κ1) is 21.4. The molecule has 0 fully saturated rings. The average Bonchev–Trinajstić information content (AvgIpc) is 2.42. The molecule has 0 saturated carbocycles. The summed E-state index contributed by atoms with van der Waals surface area (Å²) < 4.78 is 36.3. The van der Waals surface area contributed by atoms with E-state index < -0.39 is 11.7 Å². The SMILES string of the molecule is CC#CC.CC(C)=C(F)/C=C(\C)F.Cc1ccc(F)cc1. The molecule has 0 aliphatic rings. The van der Waals surface area contributed by atoms with Gasteiger partial charge in [0, 0.05) is 6.08 Å². The Morgan fingerprint density at radius 2 is 1.38 bits per heavy atom. The Kier molecular flexibility index (Phi) is 13.3. The minimum atomic E-state index is -0.506. The van der Waals surface area contributed by atoms with Crippen LogP contribution in [0.3, 0.4) is 0 Å². The molecule has 1 aromatic carbocycles. The van der Waals surface area contributed by atoms with Crippen LogP contribution in [-0.4, -0.2) is 0 Å². The molecule has 0 spiro atoms. The van der Waals surface area contributed by atoms with E-state index in [9.17, 15) is 13.2 Å². The van der Waals surface area contributed by atoms with Crippen molar-refractivity contribution >= 4 is 0 Å². The Labute approximate surface area is 126 Å². The quantitative estimate of drug-likeness (QED) is 0.422. The van der Waals surface area contributed by atoms with E-state index in [1.165, 1.54) is 19.1 Å². The fourth-order valence-corrected chi connectivity index (χ4v) is 0.852. The predicted octanol–water partition coefficient (Wildman–Crippen LogP) is 6.29. The lowest BCUT2D eigenvalue weighted by Gasteiger charge is -1.89. The monoisotopic (exact) mass is 296 g/mol. The fourth-order valence-electron chi connectivity index (χ4n) is 0.852. The van der Waals surface area contributed by atoms with Crippen LogP contribution in [0.5, 0.6) is 0 Å². The summed E-state index contributed by atoms with van der Waals surface area (Å²) in [5.74, 6) is 4.19. The normalized spacial score (nSPS) is 9.10. The van der Waals surface area contributed by atoms with Crippen molar-refractivity contribution in [2.45, 2.75) is 41.5 Å². The zero-order chi connectivity index (χ0) is 16.8. The molecule has 0 radical (unpaired) electrons. The summed E-state index contributed by atoms with van der Waals surface area (Å²) in [4.78, 5) is 0. The molecule has 0 nitrogen and oxygen atoms in total. The molecule has 3 heteroatoms. The van der Waals surface area contributed by atoms with E-state index in [-0.39, 0.29) is 5.82 Å². The van der Waals surface area contributed by atoms with Crippen LogP contribution in [0.4, 0.5) is 13.2 Å². The van der Waals surface area contributed by atoms with Crippen LogP contribution >= 0.6 is 0 Å². The number of hydrogen-bond acceptors (Lipinski definition) is 0. The van der Waals surface area contributed by atoms with Crippen molar-refractivity contribution in [1.29, 1.82) is 0 Å². The molecular formula is C18H23F3. The Morgan fingerprint density at radius 3 is 1.57 bits per heavy atom. The molecule has 21 heavy (non-hydrogen) atoms. The molecule has 0 heterocycles. The van der Waals surface area contributed by atoms with Crippen LogP contribution in [0.2, 0.25) is 0 Å². The van der Waals surface area contributed by atoms with Gasteiger partial charge in [-0.3, -0.25) is 0 Å². The molecule has 116 valence electrons. The van der Waals surface area contributed by atoms with Gasteiger partial charge in [-0.25, -0.2) is 13.2 Å². The molecule has 0 amide bonds. The van der Waals surface area contributed by atoms with E-state index >= 15 is 0 Å². The van der Waals surface area contributed by atoms with Gasteiger partial charge in [-0.2, -0.15) is 0 Å². The average molecular weight is 296 g/mol. The number of hydrogen-bond donors (Lipinski definition) is 0. The van der Waals surface area contributed by atoms with E-state index in [2.05, 4.69) is 11.8 Å². The van der Waals surface area contributed by atoms with E-state index in [0.29, 0.717) is 5.57 Å². The van der Waals surface area contributed by atoms with Crippen LogP contribution in [0.25, 0.3) is 0 Å². The third kappa shape index (κ3) is 16.0. The van der Waals surface area contributed by atoms with Crippen LogP contribution in [0, 0.1) is 24.6 Å². The maximum Gasteiger partial charge on any atom is 0.124 e. The Hall–Kier alpha value is -1.95. The van der Waals surface area contributed by atoms with Gasteiger partial charge < -0.3 is 0 Å². The predicted molar refractivity (Wildman–Crippen MR) is 84.6 cm³/mol. The Balaban J connectivity index is 0. The first-order valence-corrected chi connectivity index (χ1v) is 6.47. The van der Waals surface area contributed by atoms with Gasteiger partial charge in [0.2, 0.25) is 0 Å². The topological polar surface area (TPSA) is 0 Å². The van der Waals surface area contributed by atoms with Gasteiger partial charge in [-0.15, -0.1) is 11.8 Å². The smallest absolute Gasteiger partial charge is 0.124 e. The molecule has 0 bridgehead atoms. The third-order valence-electron chi connectivity index (χ3n) is 2.06. The fraction of sp³-hybridized carbons (Fsp3) is 0.333. The van der Waals surface area contributed by atoms with Crippen molar-refractivity contribution in [2.75, 3.05) is 0 Å². The number of benzene rings is 1. The molecule has 0 aliphatic heterocycles. The maximum absolute atomic E-state index is 12.3. The number of aryl methyl sites for hydroxylation is 1. The van der Waals surface area contributed by atoms with E-state index in [1.807, 2.05) is 20.8 Å². The number of allylic oxidation sites excluding steroid dienone is 4. The van der Waals surface area contributed by atoms with Crippen molar-refractivity contribution in [2.24, 2.45) is 0 Å². The van der Waals surface area contributed by atoms with Gasteiger partial charge in [-0.1, -0.05) is 17.7 Å². The second-order valence-electron chi connectivity index (χ2n) is 4.37. The second-order valence-corrected chi connectivity index (χ2v) is 4.37. The lowest BCUT2D eigenvalue weighted by Crippen LogP contribution is -1.71. The first-order valence-electron chi connectivity index (χ1n) is 6.47. The molecule has 0 N–H and O–H groups in total. The summed E-state index contributed by atoms with van der Waals surface area (Å²) in [5.41, 5.74) is 1.58. The Bertz CT molecular complexity index is 477. The highest BCUT2D eigenvalue weighted by atomic mass is 19.1. The lowest BCUT2D eigenvalue weighted by atomic mass is 10.2. The Morgan fingerprint density at radius 1 is 0.952 bits per heavy atom. The molecule has 0 aromatic heterocycles. The second kappa shape index (κ2) is 13.1. The van der Waals surface area contributed by atoms with Crippen molar-refractivity contribution in [3.63, 3.8) is 0 Å². The van der Waals surface area contributed by atoms with Crippen molar-refractivity contribution < 1.29 is 13.2 Å².